The van der Waals surface area contributed by atoms with E-state index in [1.165, 1.54) is 6.08 Å². The molecule has 0 saturated carbocycles. The van der Waals surface area contributed by atoms with Crippen molar-refractivity contribution in [2.24, 2.45) is 0 Å². The van der Waals surface area contributed by atoms with Crippen LogP contribution in [0.3, 0.4) is 0 Å². The minimum absolute atomic E-state index is 0. The van der Waals surface area contributed by atoms with Gasteiger partial charge in [0.25, 0.3) is 0 Å². The fourth-order valence-electron chi connectivity index (χ4n) is 0. The van der Waals surface area contributed by atoms with Crippen LogP contribution >= 0.6 is 0 Å². The molecule has 0 spiro atoms. The summed E-state index contributed by atoms with van der Waals surface area (Å²) < 4.78 is 0. The molecule has 0 unspecified atom stereocenters. The Bertz CT molecular complexity index is 52.4. The molecule has 0 amide bonds. The van der Waals surface area contributed by atoms with Gasteiger partial charge < -0.3 is 0 Å². The normalized spacial score (nSPS) is 3.00. The molecule has 0 aliphatic rings. The summed E-state index contributed by atoms with van der Waals surface area (Å²) in [6, 6.07) is 1.69. The summed E-state index contributed by atoms with van der Waals surface area (Å²) >= 11 is 0. The van der Waals surface area contributed by atoms with E-state index in [9.17, 15) is 0 Å². The summed E-state index contributed by atoms with van der Waals surface area (Å²) in [5.41, 5.74) is 0. The summed E-state index contributed by atoms with van der Waals surface area (Å²) in [6.07, 6.45) is 1.18. The van der Waals surface area contributed by atoms with Gasteiger partial charge in [0.1, 0.15) is 0 Å². The average molecular weight is 232 g/mol. The van der Waals surface area contributed by atoms with Crippen molar-refractivity contribution in [3.63, 3.8) is 0 Å². The van der Waals surface area contributed by atoms with Crippen molar-refractivity contribution in [3.05, 3.63) is 12.7 Å². The van der Waals surface area contributed by atoms with Gasteiger partial charge in [-0.2, -0.15) is 5.26 Å². The van der Waals surface area contributed by atoms with E-state index in [1.54, 1.807) is 6.07 Å². The second-order valence-electron chi connectivity index (χ2n) is 0.333. The molecule has 5 heavy (non-hydrogen) atoms. The molecule has 0 aliphatic carbocycles. The first-order valence-electron chi connectivity index (χ1n) is 0.921. The first-order chi connectivity index (χ1) is 1.91. The van der Waals surface area contributed by atoms with Gasteiger partial charge in [0, 0.05) is 31.9 Å². The Morgan fingerprint density at radius 2 is 2.00 bits per heavy atom. The molecular formula is C3H3HfN. The Kier molecular flexibility index (Phi) is 15.9. The van der Waals surface area contributed by atoms with Crippen molar-refractivity contribution in [3.8, 4) is 6.07 Å². The van der Waals surface area contributed by atoms with Crippen LogP contribution in [0.15, 0.2) is 12.7 Å². The van der Waals surface area contributed by atoms with E-state index < -0.39 is 0 Å². The maximum absolute atomic E-state index is 7.51. The Hall–Kier alpha value is 0.100. The monoisotopic (exact) mass is 233 g/mol. The van der Waals surface area contributed by atoms with E-state index in [-0.39, 0.29) is 25.8 Å². The van der Waals surface area contributed by atoms with Crippen molar-refractivity contribution >= 4 is 0 Å². The SMILES string of the molecule is C=CC#N.[Hf]. The van der Waals surface area contributed by atoms with E-state index in [1.807, 2.05) is 0 Å². The number of allylic oxidation sites excluding steroid dienone is 1. The van der Waals surface area contributed by atoms with Gasteiger partial charge in [-0.25, -0.2) is 0 Å². The molecule has 0 fully saturated rings. The third-order valence-electron chi connectivity index (χ3n) is 0.0913. The van der Waals surface area contributed by atoms with Gasteiger partial charge in [-0.3, -0.25) is 0 Å². The van der Waals surface area contributed by atoms with Gasteiger partial charge in [0.05, 0.1) is 6.07 Å². The van der Waals surface area contributed by atoms with Crippen LogP contribution < -0.4 is 0 Å². The third kappa shape index (κ3) is 14.9. The number of rotatable bonds is 0. The minimum atomic E-state index is 0. The van der Waals surface area contributed by atoms with Gasteiger partial charge in [0.2, 0.25) is 0 Å². The topological polar surface area (TPSA) is 23.8 Å². The average Bonchev–Trinajstić information content (AvgIpc) is 1.37. The molecule has 0 rings (SSSR count). The Morgan fingerprint density at radius 1 is 1.80 bits per heavy atom. The Labute approximate surface area is 50.1 Å². The van der Waals surface area contributed by atoms with Crippen molar-refractivity contribution in [1.29, 1.82) is 5.26 Å². The van der Waals surface area contributed by atoms with Crippen LogP contribution in [0.25, 0.3) is 0 Å². The van der Waals surface area contributed by atoms with E-state index >= 15 is 0 Å². The summed E-state index contributed by atoms with van der Waals surface area (Å²) in [7, 11) is 0. The van der Waals surface area contributed by atoms with E-state index in [0.717, 1.165) is 0 Å². The second-order valence-corrected chi connectivity index (χ2v) is 0.333. The van der Waals surface area contributed by atoms with Gasteiger partial charge in [-0.05, 0) is 0 Å². The number of nitrogens with zero attached hydrogens (tertiary/aromatic N) is 1. The van der Waals surface area contributed by atoms with Crippen molar-refractivity contribution in [1.82, 2.24) is 0 Å². The zero-order chi connectivity index (χ0) is 3.41. The quantitative estimate of drug-likeness (QED) is 0.445. The predicted molar refractivity (Wildman–Crippen MR) is 15.8 cm³/mol. The van der Waals surface area contributed by atoms with Gasteiger partial charge >= 0.3 is 0 Å². The summed E-state index contributed by atoms with van der Waals surface area (Å²) in [6.45, 7) is 3.12. The van der Waals surface area contributed by atoms with E-state index in [2.05, 4.69) is 6.58 Å². The van der Waals surface area contributed by atoms with E-state index in [4.69, 9.17) is 5.26 Å². The van der Waals surface area contributed by atoms with Crippen LogP contribution in [-0.4, -0.2) is 0 Å². The maximum Gasteiger partial charge on any atom is 0.0905 e. The molecule has 0 N–H and O–H groups in total. The number of hydrogen-bond donors (Lipinski definition) is 0. The molecule has 2 heteroatoms. The number of hydrogen-bond acceptors (Lipinski definition) is 1. The minimum Gasteiger partial charge on any atom is -0.193 e. The molecule has 0 aromatic carbocycles. The van der Waals surface area contributed by atoms with Crippen LogP contribution in [0.4, 0.5) is 0 Å². The largest absolute Gasteiger partial charge is 0.193 e. The molecule has 0 heterocycles. The first kappa shape index (κ1) is 8.92. The molecule has 0 aromatic rings. The molecule has 24 valence electrons. The molecular weight excluding hydrogens is 229 g/mol. The molecule has 0 atom stereocenters. The van der Waals surface area contributed by atoms with Crippen LogP contribution in [0, 0.1) is 11.3 Å². The zero-order valence-corrected chi connectivity index (χ0v) is 6.32. The summed E-state index contributed by atoms with van der Waals surface area (Å²) in [5.74, 6) is 0. The zero-order valence-electron chi connectivity index (χ0n) is 2.73. The predicted octanol–water partition coefficient (Wildman–Crippen LogP) is 0.693. The summed E-state index contributed by atoms with van der Waals surface area (Å²) in [5, 5.41) is 7.51. The number of nitriles is 1. The van der Waals surface area contributed by atoms with Crippen molar-refractivity contribution in [2.45, 2.75) is 0 Å². The second kappa shape index (κ2) is 8.93. The van der Waals surface area contributed by atoms with Gasteiger partial charge in [0.15, 0.2) is 0 Å². The van der Waals surface area contributed by atoms with Crippen LogP contribution in [0.5, 0.6) is 0 Å². The Morgan fingerprint density at radius 3 is 2.00 bits per heavy atom. The maximum atomic E-state index is 7.51. The molecule has 1 nitrogen and oxygen atoms in total. The van der Waals surface area contributed by atoms with Crippen LogP contribution in [0.1, 0.15) is 0 Å². The third-order valence-corrected chi connectivity index (χ3v) is 0.0913. The Balaban J connectivity index is 0. The molecule has 0 bridgehead atoms. The molecule has 0 radical (unpaired) electrons. The fraction of sp³-hybridized carbons (Fsp3) is 0. The van der Waals surface area contributed by atoms with Crippen LogP contribution in [-0.2, 0) is 25.8 Å². The van der Waals surface area contributed by atoms with Crippen LogP contribution in [0.2, 0.25) is 0 Å². The van der Waals surface area contributed by atoms with Crippen molar-refractivity contribution in [2.75, 3.05) is 0 Å². The molecule has 0 aromatic heterocycles. The smallest absolute Gasteiger partial charge is 0.0905 e. The van der Waals surface area contributed by atoms with Gasteiger partial charge in [-0.1, -0.05) is 6.58 Å². The first-order valence-corrected chi connectivity index (χ1v) is 0.921. The molecule has 0 saturated heterocycles. The van der Waals surface area contributed by atoms with E-state index in [0.29, 0.717) is 0 Å². The van der Waals surface area contributed by atoms with Crippen molar-refractivity contribution < 1.29 is 25.8 Å². The fourth-order valence-corrected chi connectivity index (χ4v) is 0. The molecule has 0 aliphatic heterocycles. The van der Waals surface area contributed by atoms with Gasteiger partial charge in [-0.15, -0.1) is 0 Å². The standard InChI is InChI=1S/C3H3N.Hf/c1-2-3-4;/h2H,1H2;. The summed E-state index contributed by atoms with van der Waals surface area (Å²) in [4.78, 5) is 0.